The standard InChI is InChI=1S/C18H14FN5O.C4H10O.H2/c1-12-6-8-20-18(21-12)16-10-17(15-7-9-25-23-15)24(22-16)11-13-4-2-3-5-14(13)19;1-3-4-5-2;/h2-10H,11H2,1H3;3-4H2,1-2H3;1H. The predicted molar refractivity (Wildman–Crippen MR) is 113 cm³/mol. The van der Waals surface area contributed by atoms with Crippen LogP contribution in [-0.2, 0) is 11.3 Å². The van der Waals surface area contributed by atoms with E-state index in [9.17, 15) is 4.39 Å². The number of methoxy groups -OCH3 is 1. The minimum Gasteiger partial charge on any atom is -0.385 e. The second kappa shape index (κ2) is 10.4. The van der Waals surface area contributed by atoms with E-state index in [1.165, 1.54) is 12.3 Å². The molecule has 0 atom stereocenters. The summed E-state index contributed by atoms with van der Waals surface area (Å²) in [6.07, 6.45) is 4.29. The monoisotopic (exact) mass is 411 g/mol. The Kier molecular flexibility index (Phi) is 7.40. The molecule has 0 bridgehead atoms. The van der Waals surface area contributed by atoms with Crippen molar-refractivity contribution in [2.45, 2.75) is 26.8 Å². The van der Waals surface area contributed by atoms with Crippen molar-refractivity contribution in [3.63, 3.8) is 0 Å². The Morgan fingerprint density at radius 1 is 1.17 bits per heavy atom. The normalized spacial score (nSPS) is 10.5. The lowest BCUT2D eigenvalue weighted by Crippen LogP contribution is -2.06. The number of nitrogens with zero attached hydrogens (tertiary/aromatic N) is 5. The minimum atomic E-state index is -0.280. The first-order valence-electron chi connectivity index (χ1n) is 9.63. The lowest BCUT2D eigenvalue weighted by Gasteiger charge is -2.06. The summed E-state index contributed by atoms with van der Waals surface area (Å²) in [6.45, 7) is 5.13. The van der Waals surface area contributed by atoms with Crippen LogP contribution in [0.4, 0.5) is 4.39 Å². The van der Waals surface area contributed by atoms with Gasteiger partial charge in [-0.3, -0.25) is 4.68 Å². The third-order valence-electron chi connectivity index (χ3n) is 4.19. The quantitative estimate of drug-likeness (QED) is 0.454. The molecular weight excluding hydrogens is 385 g/mol. The molecule has 4 rings (SSSR count). The second-order valence-electron chi connectivity index (χ2n) is 6.56. The molecule has 0 radical (unpaired) electrons. The van der Waals surface area contributed by atoms with Crippen LogP contribution in [0.15, 0.2) is 59.4 Å². The van der Waals surface area contributed by atoms with Crippen LogP contribution in [0.2, 0.25) is 0 Å². The highest BCUT2D eigenvalue weighted by Crippen LogP contribution is 2.24. The Labute approximate surface area is 176 Å². The number of ether oxygens (including phenoxy) is 1. The van der Waals surface area contributed by atoms with Gasteiger partial charge >= 0.3 is 0 Å². The highest BCUT2D eigenvalue weighted by atomic mass is 19.1. The summed E-state index contributed by atoms with van der Waals surface area (Å²) in [7, 11) is 1.71. The van der Waals surface area contributed by atoms with Gasteiger partial charge in [0.25, 0.3) is 0 Å². The van der Waals surface area contributed by atoms with Gasteiger partial charge in [-0.25, -0.2) is 14.4 Å². The Bertz CT molecular complexity index is 1070. The van der Waals surface area contributed by atoms with Gasteiger partial charge in [0.2, 0.25) is 0 Å². The average molecular weight is 411 g/mol. The number of benzene rings is 1. The van der Waals surface area contributed by atoms with Crippen LogP contribution < -0.4 is 0 Å². The van der Waals surface area contributed by atoms with Gasteiger partial charge in [-0.15, -0.1) is 0 Å². The molecule has 0 aliphatic carbocycles. The lowest BCUT2D eigenvalue weighted by atomic mass is 10.2. The van der Waals surface area contributed by atoms with E-state index in [1.54, 1.807) is 42.3 Å². The van der Waals surface area contributed by atoms with Gasteiger partial charge in [0.1, 0.15) is 23.5 Å². The molecule has 7 nitrogen and oxygen atoms in total. The van der Waals surface area contributed by atoms with Gasteiger partial charge < -0.3 is 9.26 Å². The van der Waals surface area contributed by atoms with E-state index in [-0.39, 0.29) is 13.8 Å². The van der Waals surface area contributed by atoms with E-state index in [2.05, 4.69) is 27.1 Å². The van der Waals surface area contributed by atoms with Gasteiger partial charge in [-0.05, 0) is 31.5 Å². The summed E-state index contributed by atoms with van der Waals surface area (Å²) in [4.78, 5) is 8.66. The zero-order valence-electron chi connectivity index (χ0n) is 17.2. The summed E-state index contributed by atoms with van der Waals surface area (Å²) in [5, 5.41) is 8.52. The second-order valence-corrected chi connectivity index (χ2v) is 6.56. The van der Waals surface area contributed by atoms with Gasteiger partial charge in [0.05, 0.1) is 12.2 Å². The molecule has 0 saturated heterocycles. The molecule has 0 unspecified atom stereocenters. The fourth-order valence-corrected chi connectivity index (χ4v) is 2.76. The molecule has 30 heavy (non-hydrogen) atoms. The van der Waals surface area contributed by atoms with Crippen LogP contribution in [0.3, 0.4) is 0 Å². The van der Waals surface area contributed by atoms with E-state index >= 15 is 0 Å². The molecule has 158 valence electrons. The number of hydrogen-bond donors (Lipinski definition) is 0. The van der Waals surface area contributed by atoms with Crippen LogP contribution in [0, 0.1) is 12.7 Å². The molecule has 0 spiro atoms. The van der Waals surface area contributed by atoms with Gasteiger partial charge in [0, 0.05) is 38.7 Å². The van der Waals surface area contributed by atoms with Crippen molar-refractivity contribution in [2.24, 2.45) is 0 Å². The third kappa shape index (κ3) is 5.36. The molecule has 0 fully saturated rings. The van der Waals surface area contributed by atoms with E-state index < -0.39 is 0 Å². The maximum absolute atomic E-state index is 14.0. The summed E-state index contributed by atoms with van der Waals surface area (Å²) < 4.78 is 25.3. The third-order valence-corrected chi connectivity index (χ3v) is 4.19. The van der Waals surface area contributed by atoms with Gasteiger partial charge in [-0.2, -0.15) is 5.10 Å². The van der Waals surface area contributed by atoms with Crippen molar-refractivity contribution in [2.75, 3.05) is 13.7 Å². The van der Waals surface area contributed by atoms with Gasteiger partial charge in [0.15, 0.2) is 5.82 Å². The first kappa shape index (κ1) is 21.3. The first-order chi connectivity index (χ1) is 14.6. The molecule has 0 aliphatic rings. The molecule has 0 N–H and O–H groups in total. The predicted octanol–water partition coefficient (Wildman–Crippen LogP) is 4.78. The van der Waals surface area contributed by atoms with Crippen LogP contribution in [0.25, 0.3) is 22.9 Å². The molecular formula is C22H26FN5O2. The van der Waals surface area contributed by atoms with Crippen molar-refractivity contribution in [1.82, 2.24) is 24.9 Å². The molecule has 0 saturated carbocycles. The summed E-state index contributed by atoms with van der Waals surface area (Å²) in [5.74, 6) is 0.231. The largest absolute Gasteiger partial charge is 0.385 e. The van der Waals surface area contributed by atoms with Crippen molar-refractivity contribution < 1.29 is 15.1 Å². The summed E-state index contributed by atoms with van der Waals surface area (Å²) >= 11 is 0. The lowest BCUT2D eigenvalue weighted by molar-refractivity contribution is 0.199. The SMILES string of the molecule is CCCOC.Cc1ccnc(-c2cc(-c3ccon3)n(Cc3ccccc3F)n2)n1.[HH]. The number of aromatic nitrogens is 5. The Balaban J connectivity index is 0.000000514. The van der Waals surface area contributed by atoms with Crippen molar-refractivity contribution in [1.29, 1.82) is 0 Å². The maximum Gasteiger partial charge on any atom is 0.180 e. The molecule has 3 heterocycles. The number of halogens is 1. The Hall–Kier alpha value is -3.39. The van der Waals surface area contributed by atoms with Crippen molar-refractivity contribution in [3.05, 3.63) is 72.0 Å². The molecule has 0 aliphatic heterocycles. The topological polar surface area (TPSA) is 78.9 Å². The fourth-order valence-electron chi connectivity index (χ4n) is 2.76. The minimum absolute atomic E-state index is 0. The molecule has 8 heteroatoms. The van der Waals surface area contributed by atoms with E-state index in [1.807, 2.05) is 19.1 Å². The number of aryl methyl sites for hydroxylation is 1. The number of rotatable bonds is 6. The number of hydrogen-bond acceptors (Lipinski definition) is 6. The molecule has 1 aromatic carbocycles. The highest BCUT2D eigenvalue weighted by Gasteiger charge is 2.16. The Morgan fingerprint density at radius 2 is 2.00 bits per heavy atom. The summed E-state index contributed by atoms with van der Waals surface area (Å²) in [6, 6.07) is 12.0. The maximum atomic E-state index is 14.0. The molecule has 3 aromatic heterocycles. The highest BCUT2D eigenvalue weighted by molar-refractivity contribution is 5.62. The van der Waals surface area contributed by atoms with Crippen LogP contribution in [0.1, 0.15) is 26.0 Å². The fraction of sp³-hybridized carbons (Fsp3) is 0.273. The van der Waals surface area contributed by atoms with Crippen molar-refractivity contribution >= 4 is 0 Å². The molecule has 4 aromatic rings. The Morgan fingerprint density at radius 3 is 2.63 bits per heavy atom. The summed E-state index contributed by atoms with van der Waals surface area (Å²) in [5.41, 5.74) is 3.29. The zero-order chi connectivity index (χ0) is 21.3. The van der Waals surface area contributed by atoms with E-state index in [0.29, 0.717) is 28.5 Å². The van der Waals surface area contributed by atoms with E-state index in [0.717, 1.165) is 18.7 Å². The first-order valence-corrected chi connectivity index (χ1v) is 9.63. The molecule has 0 amide bonds. The van der Waals surface area contributed by atoms with E-state index in [4.69, 9.17) is 9.26 Å². The average Bonchev–Trinajstić information content (AvgIpc) is 3.41. The smallest absolute Gasteiger partial charge is 0.180 e. The zero-order valence-corrected chi connectivity index (χ0v) is 17.2. The van der Waals surface area contributed by atoms with Crippen LogP contribution in [-0.4, -0.2) is 38.6 Å². The van der Waals surface area contributed by atoms with Crippen LogP contribution >= 0.6 is 0 Å². The van der Waals surface area contributed by atoms with Gasteiger partial charge in [-0.1, -0.05) is 30.3 Å². The van der Waals surface area contributed by atoms with Crippen molar-refractivity contribution in [3.8, 4) is 22.9 Å². The van der Waals surface area contributed by atoms with Crippen LogP contribution in [0.5, 0.6) is 0 Å².